The number of carbonyl (C=O) groups excluding carboxylic acids is 1. The Hall–Kier alpha value is -2.77. The second kappa shape index (κ2) is 10.7. The number of thioether (sulfide) groups is 1. The summed E-state index contributed by atoms with van der Waals surface area (Å²) in [6.07, 6.45) is 4.24. The minimum atomic E-state index is 0.0609. The average molecular weight is 452 g/mol. The number of benzene rings is 2. The molecular formula is C25H29N3O3S. The molecule has 0 N–H and O–H groups in total. The maximum absolute atomic E-state index is 12.8. The smallest absolute Gasteiger partial charge is 0.233 e. The summed E-state index contributed by atoms with van der Waals surface area (Å²) < 4.78 is 13.4. The largest absolute Gasteiger partial charge is 0.497 e. The highest BCUT2D eigenvalue weighted by atomic mass is 32.2. The van der Waals surface area contributed by atoms with Crippen LogP contribution in [0.3, 0.4) is 0 Å². The molecular weight excluding hydrogens is 422 g/mol. The highest BCUT2D eigenvalue weighted by molar-refractivity contribution is 7.99. The average Bonchev–Trinajstić information content (AvgIpc) is 3.48. The summed E-state index contributed by atoms with van der Waals surface area (Å²) in [4.78, 5) is 19.2. The summed E-state index contributed by atoms with van der Waals surface area (Å²) in [5, 5.41) is 0.850. The van der Waals surface area contributed by atoms with E-state index in [4.69, 9.17) is 9.47 Å². The number of hydrogen-bond donors (Lipinski definition) is 0. The highest BCUT2D eigenvalue weighted by Crippen LogP contribution is 2.28. The fourth-order valence-corrected chi connectivity index (χ4v) is 4.78. The Kier molecular flexibility index (Phi) is 7.50. The molecule has 0 aliphatic carbocycles. The van der Waals surface area contributed by atoms with Gasteiger partial charge in [0.25, 0.3) is 0 Å². The number of carbonyl (C=O) groups is 1. The molecule has 0 bridgehead atoms. The maximum Gasteiger partial charge on any atom is 0.233 e. The Morgan fingerprint density at radius 3 is 2.84 bits per heavy atom. The second-order valence-corrected chi connectivity index (χ2v) is 8.87. The van der Waals surface area contributed by atoms with Gasteiger partial charge in [-0.15, -0.1) is 0 Å². The van der Waals surface area contributed by atoms with Crippen LogP contribution in [-0.4, -0.2) is 53.0 Å². The molecule has 1 saturated heterocycles. The van der Waals surface area contributed by atoms with Crippen molar-refractivity contribution in [2.75, 3.05) is 26.5 Å². The molecule has 0 saturated carbocycles. The molecule has 0 radical (unpaired) electrons. The van der Waals surface area contributed by atoms with Crippen molar-refractivity contribution in [3.8, 4) is 17.0 Å². The quantitative estimate of drug-likeness (QED) is 0.449. The van der Waals surface area contributed by atoms with E-state index < -0.39 is 0 Å². The molecule has 6 nitrogen and oxygen atoms in total. The monoisotopic (exact) mass is 451 g/mol. The van der Waals surface area contributed by atoms with Crippen LogP contribution < -0.4 is 4.74 Å². The third-order valence-corrected chi connectivity index (χ3v) is 6.58. The Morgan fingerprint density at radius 1 is 1.25 bits per heavy atom. The predicted octanol–water partition coefficient (Wildman–Crippen LogP) is 4.49. The Labute approximate surface area is 193 Å². The van der Waals surface area contributed by atoms with Gasteiger partial charge in [-0.1, -0.05) is 54.2 Å². The van der Waals surface area contributed by atoms with Crippen LogP contribution in [0.4, 0.5) is 0 Å². The molecule has 1 amide bonds. The van der Waals surface area contributed by atoms with E-state index in [2.05, 4.69) is 21.7 Å². The summed E-state index contributed by atoms with van der Waals surface area (Å²) in [7, 11) is 3.48. The molecule has 2 aromatic carbocycles. The first-order valence-electron chi connectivity index (χ1n) is 10.9. The SMILES string of the molecule is COc1cccc(CN(C)C(=O)CSc2ncc(-c3ccccc3)n2CC2CCCO2)c1. The van der Waals surface area contributed by atoms with Gasteiger partial charge in [-0.3, -0.25) is 4.79 Å². The van der Waals surface area contributed by atoms with Crippen molar-refractivity contribution in [1.29, 1.82) is 0 Å². The highest BCUT2D eigenvalue weighted by Gasteiger charge is 2.21. The van der Waals surface area contributed by atoms with Crippen LogP contribution >= 0.6 is 11.8 Å². The van der Waals surface area contributed by atoms with E-state index in [0.717, 1.165) is 53.7 Å². The van der Waals surface area contributed by atoms with Crippen LogP contribution in [0.1, 0.15) is 18.4 Å². The molecule has 2 heterocycles. The molecule has 1 fully saturated rings. The third kappa shape index (κ3) is 5.53. The van der Waals surface area contributed by atoms with Gasteiger partial charge in [0, 0.05) is 20.2 Å². The van der Waals surface area contributed by atoms with Gasteiger partial charge in [-0.2, -0.15) is 0 Å². The number of nitrogens with zero attached hydrogens (tertiary/aromatic N) is 3. The van der Waals surface area contributed by atoms with E-state index in [0.29, 0.717) is 12.3 Å². The topological polar surface area (TPSA) is 56.6 Å². The molecule has 1 atom stereocenters. The zero-order valence-corrected chi connectivity index (χ0v) is 19.4. The Balaban J connectivity index is 1.44. The molecule has 1 unspecified atom stereocenters. The number of methoxy groups -OCH3 is 1. The van der Waals surface area contributed by atoms with Crippen LogP contribution in [0, 0.1) is 0 Å². The van der Waals surface area contributed by atoms with Crippen LogP contribution in [0.15, 0.2) is 66.0 Å². The Morgan fingerprint density at radius 2 is 2.09 bits per heavy atom. The van der Waals surface area contributed by atoms with Gasteiger partial charge in [0.05, 0.1) is 37.4 Å². The maximum atomic E-state index is 12.8. The van der Waals surface area contributed by atoms with Crippen molar-refractivity contribution in [1.82, 2.24) is 14.5 Å². The molecule has 4 rings (SSSR count). The number of ether oxygens (including phenoxy) is 2. The fourth-order valence-electron chi connectivity index (χ4n) is 3.85. The summed E-state index contributed by atoms with van der Waals surface area (Å²) in [5.41, 5.74) is 3.21. The normalized spacial score (nSPS) is 15.6. The van der Waals surface area contributed by atoms with E-state index in [1.807, 2.05) is 55.7 Å². The molecule has 0 spiro atoms. The summed E-state index contributed by atoms with van der Waals surface area (Å²) in [6, 6.07) is 18.0. The number of aromatic nitrogens is 2. The molecule has 168 valence electrons. The molecule has 7 heteroatoms. The van der Waals surface area contributed by atoms with Gasteiger partial charge in [0.15, 0.2) is 5.16 Å². The van der Waals surface area contributed by atoms with Gasteiger partial charge in [0.2, 0.25) is 5.91 Å². The number of imidazole rings is 1. The number of hydrogen-bond acceptors (Lipinski definition) is 5. The number of rotatable bonds is 9. The van der Waals surface area contributed by atoms with Gasteiger partial charge in [0.1, 0.15) is 5.75 Å². The molecule has 32 heavy (non-hydrogen) atoms. The van der Waals surface area contributed by atoms with E-state index in [9.17, 15) is 4.79 Å². The van der Waals surface area contributed by atoms with E-state index >= 15 is 0 Å². The van der Waals surface area contributed by atoms with Crippen molar-refractivity contribution >= 4 is 17.7 Å². The third-order valence-electron chi connectivity index (χ3n) is 5.60. The predicted molar refractivity (Wildman–Crippen MR) is 127 cm³/mol. The van der Waals surface area contributed by atoms with Gasteiger partial charge in [-0.25, -0.2) is 4.98 Å². The van der Waals surface area contributed by atoms with Gasteiger partial charge in [-0.05, 0) is 36.1 Å². The van der Waals surface area contributed by atoms with Crippen molar-refractivity contribution in [2.45, 2.75) is 37.2 Å². The first kappa shape index (κ1) is 22.4. The van der Waals surface area contributed by atoms with E-state index in [1.54, 1.807) is 12.0 Å². The minimum absolute atomic E-state index is 0.0609. The lowest BCUT2D eigenvalue weighted by Gasteiger charge is -2.19. The summed E-state index contributed by atoms with van der Waals surface area (Å²) >= 11 is 1.48. The first-order valence-corrected chi connectivity index (χ1v) is 11.8. The molecule has 1 aliphatic rings. The van der Waals surface area contributed by atoms with Crippen LogP contribution in [0.5, 0.6) is 5.75 Å². The van der Waals surface area contributed by atoms with Crippen molar-refractivity contribution in [3.05, 3.63) is 66.4 Å². The van der Waals surface area contributed by atoms with Gasteiger partial charge >= 0.3 is 0 Å². The second-order valence-electron chi connectivity index (χ2n) is 7.93. The van der Waals surface area contributed by atoms with Crippen molar-refractivity contribution in [2.24, 2.45) is 0 Å². The van der Waals surface area contributed by atoms with Crippen LogP contribution in [0.2, 0.25) is 0 Å². The molecule has 1 aromatic heterocycles. The molecule has 3 aromatic rings. The lowest BCUT2D eigenvalue weighted by Crippen LogP contribution is -2.28. The fraction of sp³-hybridized carbons (Fsp3) is 0.360. The van der Waals surface area contributed by atoms with Crippen molar-refractivity contribution < 1.29 is 14.3 Å². The first-order chi connectivity index (χ1) is 15.6. The molecule has 1 aliphatic heterocycles. The standard InChI is InChI=1S/C25H29N3O3S/c1-27(16-19-8-6-11-21(14-19)30-2)24(29)18-32-25-26-15-23(20-9-4-3-5-10-20)28(25)17-22-12-7-13-31-22/h3-6,8-11,14-15,22H,7,12-13,16-18H2,1-2H3. The summed E-state index contributed by atoms with van der Waals surface area (Å²) in [5.74, 6) is 1.19. The van der Waals surface area contributed by atoms with E-state index in [1.165, 1.54) is 11.8 Å². The van der Waals surface area contributed by atoms with Crippen LogP contribution in [0.25, 0.3) is 11.3 Å². The lowest BCUT2D eigenvalue weighted by atomic mass is 10.1. The van der Waals surface area contributed by atoms with E-state index in [-0.39, 0.29) is 12.0 Å². The minimum Gasteiger partial charge on any atom is -0.497 e. The Bertz CT molecular complexity index is 1030. The lowest BCUT2D eigenvalue weighted by molar-refractivity contribution is -0.127. The van der Waals surface area contributed by atoms with Crippen molar-refractivity contribution in [3.63, 3.8) is 0 Å². The van der Waals surface area contributed by atoms with Gasteiger partial charge < -0.3 is 18.9 Å². The van der Waals surface area contributed by atoms with Crippen LogP contribution in [-0.2, 0) is 22.6 Å². The zero-order valence-electron chi connectivity index (χ0n) is 18.6. The zero-order chi connectivity index (χ0) is 22.3. The summed E-state index contributed by atoms with van der Waals surface area (Å²) in [6.45, 7) is 2.10. The number of amides is 1.